The Morgan fingerprint density at radius 2 is 1.85 bits per heavy atom. The minimum Gasteiger partial charge on any atom is -0.383 e. The predicted molar refractivity (Wildman–Crippen MR) is 136 cm³/mol. The normalized spacial score (nSPS) is 10.3. The molecule has 0 fully saturated rings. The molecule has 2 aromatic rings. The Labute approximate surface area is 198 Å². The summed E-state index contributed by atoms with van der Waals surface area (Å²) in [6.07, 6.45) is 12.3. The monoisotopic (exact) mass is 461 g/mol. The Morgan fingerprint density at radius 1 is 1.18 bits per heavy atom. The largest absolute Gasteiger partial charge is 0.383 e. The number of nitrogens with one attached hydrogen (secondary N) is 1. The number of hydrogen-bond donors (Lipinski definition) is 3. The van der Waals surface area contributed by atoms with Crippen LogP contribution in [0.2, 0.25) is 0 Å². The van der Waals surface area contributed by atoms with Crippen molar-refractivity contribution in [3.8, 4) is 0 Å². The van der Waals surface area contributed by atoms with Crippen LogP contribution in [-0.4, -0.2) is 44.9 Å². The number of nitrogens with zero attached hydrogens (tertiary/aromatic N) is 3. The number of carbonyl (C=O) groups is 2. The van der Waals surface area contributed by atoms with Gasteiger partial charge < -0.3 is 10.6 Å². The van der Waals surface area contributed by atoms with E-state index in [1.807, 2.05) is 57.5 Å². The fraction of sp³-hybridized carbons (Fsp3) is 0.560. The van der Waals surface area contributed by atoms with Gasteiger partial charge in [0.2, 0.25) is 5.91 Å². The van der Waals surface area contributed by atoms with Crippen molar-refractivity contribution in [1.29, 1.82) is 0 Å². The molecule has 0 radical (unpaired) electrons. The van der Waals surface area contributed by atoms with Gasteiger partial charge in [-0.05, 0) is 43.5 Å². The molecule has 0 saturated carbocycles. The molecule has 0 atom stereocenters. The van der Waals surface area contributed by atoms with Crippen LogP contribution in [0.1, 0.15) is 84.4 Å². The van der Waals surface area contributed by atoms with Crippen LogP contribution < -0.4 is 11.2 Å². The first-order valence-corrected chi connectivity index (χ1v) is 12.0. The van der Waals surface area contributed by atoms with Crippen molar-refractivity contribution >= 4 is 29.4 Å². The second-order valence-corrected chi connectivity index (χ2v) is 7.37. The zero-order valence-electron chi connectivity index (χ0n) is 21.2. The van der Waals surface area contributed by atoms with Crippen LogP contribution >= 0.6 is 0 Å². The highest BCUT2D eigenvalue weighted by molar-refractivity contribution is 5.90. The molecular formula is C25H43N5O3. The number of anilines is 1. The average Bonchev–Trinajstić information content (AvgIpc) is 3.17. The molecule has 0 aliphatic rings. The molecule has 0 aliphatic heterocycles. The molecule has 0 aliphatic carbocycles. The molecule has 2 heterocycles. The van der Waals surface area contributed by atoms with Crippen LogP contribution in [0.4, 0.5) is 5.82 Å². The molecule has 0 spiro atoms. The first-order chi connectivity index (χ1) is 15.9. The molecule has 0 bridgehead atoms. The lowest BCUT2D eigenvalue weighted by atomic mass is 10.1. The van der Waals surface area contributed by atoms with E-state index in [1.165, 1.54) is 31.8 Å². The van der Waals surface area contributed by atoms with Crippen LogP contribution in [0.3, 0.4) is 0 Å². The second-order valence-electron chi connectivity index (χ2n) is 7.37. The maximum atomic E-state index is 11.0. The van der Waals surface area contributed by atoms with Crippen molar-refractivity contribution in [2.45, 2.75) is 79.6 Å². The minimum atomic E-state index is -0.569. The fourth-order valence-corrected chi connectivity index (χ4v) is 2.97. The van der Waals surface area contributed by atoms with Gasteiger partial charge in [0, 0.05) is 32.3 Å². The zero-order valence-corrected chi connectivity index (χ0v) is 21.2. The highest BCUT2D eigenvalue weighted by atomic mass is 16.5. The van der Waals surface area contributed by atoms with Gasteiger partial charge in [0.15, 0.2) is 0 Å². The molecule has 0 unspecified atom stereocenters. The number of unbranched alkanes of at least 4 members (excludes halogenated alkanes) is 4. The van der Waals surface area contributed by atoms with E-state index in [9.17, 15) is 9.59 Å². The number of fused-ring (bicyclic) bond motifs is 1. The van der Waals surface area contributed by atoms with E-state index >= 15 is 0 Å². The third-order valence-corrected chi connectivity index (χ3v) is 5.02. The molecule has 186 valence electrons. The van der Waals surface area contributed by atoms with Crippen molar-refractivity contribution in [2.24, 2.45) is 0 Å². The van der Waals surface area contributed by atoms with Crippen LogP contribution in [-0.2, 0) is 16.0 Å². The summed E-state index contributed by atoms with van der Waals surface area (Å²) in [6, 6.07) is 3.70. The minimum absolute atomic E-state index is 0.215. The Morgan fingerprint density at radius 3 is 2.39 bits per heavy atom. The van der Waals surface area contributed by atoms with Gasteiger partial charge in [-0.15, -0.1) is 0 Å². The summed E-state index contributed by atoms with van der Waals surface area (Å²) < 4.78 is 1.85. The standard InChI is InChI=1S/C17H24N4O2.C6H13NO.C2H6/c1-2-3-4-5-6-7-14-17(18)21-11-10-13(12-15(21)19-14)8-9-16(22)20-23;1-4-6(8)7(3)5-2;1-2/h8-12,23H,2-7,18H2,1H3,(H,20,22);4-5H2,1-3H3;1-2H3/b9-8+;;. The molecule has 2 aromatic heterocycles. The summed E-state index contributed by atoms with van der Waals surface area (Å²) in [6.45, 7) is 10.9. The van der Waals surface area contributed by atoms with Crippen molar-refractivity contribution in [3.63, 3.8) is 0 Å². The number of pyridine rings is 1. The molecule has 8 nitrogen and oxygen atoms in total. The number of aryl methyl sites for hydroxylation is 1. The van der Waals surface area contributed by atoms with E-state index in [0.29, 0.717) is 12.2 Å². The predicted octanol–water partition coefficient (Wildman–Crippen LogP) is 4.85. The highest BCUT2D eigenvalue weighted by Crippen LogP contribution is 2.19. The van der Waals surface area contributed by atoms with Gasteiger partial charge in [0.05, 0.1) is 5.69 Å². The van der Waals surface area contributed by atoms with Gasteiger partial charge in [-0.3, -0.25) is 19.2 Å². The quantitative estimate of drug-likeness (QED) is 0.203. The number of imidazole rings is 1. The lowest BCUT2D eigenvalue weighted by molar-refractivity contribution is -0.129. The summed E-state index contributed by atoms with van der Waals surface area (Å²) in [4.78, 5) is 28.0. The van der Waals surface area contributed by atoms with E-state index in [2.05, 4.69) is 11.9 Å². The summed E-state index contributed by atoms with van der Waals surface area (Å²) in [5.74, 6) is 0.326. The van der Waals surface area contributed by atoms with E-state index in [1.54, 1.807) is 16.5 Å². The average molecular weight is 462 g/mol. The van der Waals surface area contributed by atoms with Gasteiger partial charge in [0.1, 0.15) is 11.5 Å². The Bertz CT molecular complexity index is 861. The summed E-state index contributed by atoms with van der Waals surface area (Å²) in [5, 5.41) is 8.48. The van der Waals surface area contributed by atoms with E-state index < -0.39 is 5.91 Å². The fourth-order valence-electron chi connectivity index (χ4n) is 2.97. The maximum Gasteiger partial charge on any atom is 0.267 e. The maximum absolute atomic E-state index is 11.0. The van der Waals surface area contributed by atoms with Crippen molar-refractivity contribution < 1.29 is 14.8 Å². The highest BCUT2D eigenvalue weighted by Gasteiger charge is 2.09. The van der Waals surface area contributed by atoms with Gasteiger partial charge >= 0.3 is 0 Å². The van der Waals surface area contributed by atoms with Crippen LogP contribution in [0, 0.1) is 0 Å². The number of nitrogen functional groups attached to an aromatic ring is 1. The Balaban J connectivity index is 0.000000868. The van der Waals surface area contributed by atoms with Crippen LogP contribution in [0.15, 0.2) is 24.4 Å². The number of hydrogen-bond acceptors (Lipinski definition) is 5. The molecule has 33 heavy (non-hydrogen) atoms. The van der Waals surface area contributed by atoms with Crippen molar-refractivity contribution in [1.82, 2.24) is 19.8 Å². The van der Waals surface area contributed by atoms with Crippen LogP contribution in [0.25, 0.3) is 11.7 Å². The number of nitrogens with two attached hydrogens (primary N) is 1. The first-order valence-electron chi connectivity index (χ1n) is 12.0. The topological polar surface area (TPSA) is 113 Å². The van der Waals surface area contributed by atoms with Crippen molar-refractivity contribution in [3.05, 3.63) is 35.7 Å². The van der Waals surface area contributed by atoms with E-state index in [0.717, 1.165) is 36.3 Å². The Hall–Kier alpha value is -2.87. The molecule has 2 amide bonds. The third-order valence-electron chi connectivity index (χ3n) is 5.02. The number of hydroxylamine groups is 1. The lowest BCUT2D eigenvalue weighted by Gasteiger charge is -2.11. The summed E-state index contributed by atoms with van der Waals surface area (Å²) in [5.41, 5.74) is 10.2. The summed E-state index contributed by atoms with van der Waals surface area (Å²) >= 11 is 0. The molecule has 0 aromatic carbocycles. The molecule has 2 rings (SSSR count). The molecule has 8 heteroatoms. The van der Waals surface area contributed by atoms with Crippen molar-refractivity contribution in [2.75, 3.05) is 19.3 Å². The van der Waals surface area contributed by atoms with Gasteiger partial charge in [-0.25, -0.2) is 10.5 Å². The van der Waals surface area contributed by atoms with Gasteiger partial charge in [-0.2, -0.15) is 0 Å². The first kappa shape index (κ1) is 30.1. The number of amides is 2. The molecular weight excluding hydrogens is 418 g/mol. The third kappa shape index (κ3) is 11.0. The molecule has 0 saturated heterocycles. The molecule has 4 N–H and O–H groups in total. The number of rotatable bonds is 10. The van der Waals surface area contributed by atoms with Crippen LogP contribution in [0.5, 0.6) is 0 Å². The Kier molecular flexibility index (Phi) is 16.1. The number of carbonyl (C=O) groups excluding carboxylic acids is 2. The van der Waals surface area contributed by atoms with E-state index in [4.69, 9.17) is 10.9 Å². The number of aromatic nitrogens is 2. The lowest BCUT2D eigenvalue weighted by Crippen LogP contribution is -2.24. The SMILES string of the molecule is CC.CCC(=O)N(C)CC.CCCCCCCc1nc2cc(/C=C/C(=O)NO)ccn2c1N. The summed E-state index contributed by atoms with van der Waals surface area (Å²) in [7, 11) is 1.81. The van der Waals surface area contributed by atoms with Gasteiger partial charge in [0.25, 0.3) is 5.91 Å². The zero-order chi connectivity index (χ0) is 25.2. The van der Waals surface area contributed by atoms with E-state index in [-0.39, 0.29) is 5.91 Å². The van der Waals surface area contributed by atoms with Gasteiger partial charge in [-0.1, -0.05) is 53.4 Å². The second kappa shape index (κ2) is 17.7. The smallest absolute Gasteiger partial charge is 0.267 e.